The molecule has 0 saturated carbocycles. The molecule has 5 heteroatoms. The van der Waals surface area contributed by atoms with Crippen LogP contribution in [0, 0.1) is 12.7 Å². The summed E-state index contributed by atoms with van der Waals surface area (Å²) >= 11 is 0. The lowest BCUT2D eigenvalue weighted by atomic mass is 10.2. The van der Waals surface area contributed by atoms with E-state index in [0.29, 0.717) is 23.8 Å². The van der Waals surface area contributed by atoms with Gasteiger partial charge in [0.2, 0.25) is 0 Å². The zero-order valence-electron chi connectivity index (χ0n) is 10.4. The van der Waals surface area contributed by atoms with Crippen molar-refractivity contribution in [2.24, 2.45) is 0 Å². The van der Waals surface area contributed by atoms with Crippen LogP contribution in [0.2, 0.25) is 0 Å². The number of anilines is 2. The summed E-state index contributed by atoms with van der Waals surface area (Å²) in [6.07, 6.45) is 1.69. The van der Waals surface area contributed by atoms with Gasteiger partial charge < -0.3 is 10.6 Å². The molecular formula is C13H15FN4. The Bertz CT molecular complexity index is 542. The molecule has 0 saturated heterocycles. The molecule has 2 rings (SSSR count). The van der Waals surface area contributed by atoms with Gasteiger partial charge in [0.15, 0.2) is 0 Å². The number of halogens is 1. The average molecular weight is 246 g/mol. The fourth-order valence-electron chi connectivity index (χ4n) is 1.58. The van der Waals surface area contributed by atoms with Crippen molar-refractivity contribution >= 4 is 11.5 Å². The second kappa shape index (κ2) is 5.55. The highest BCUT2D eigenvalue weighted by Crippen LogP contribution is 2.17. The molecule has 0 bridgehead atoms. The van der Waals surface area contributed by atoms with Gasteiger partial charge in [-0.2, -0.15) is 0 Å². The van der Waals surface area contributed by atoms with Crippen molar-refractivity contribution in [3.63, 3.8) is 0 Å². The van der Waals surface area contributed by atoms with Crippen LogP contribution in [0.3, 0.4) is 0 Å². The quantitative estimate of drug-likeness (QED) is 0.869. The molecule has 0 radical (unpaired) electrons. The van der Waals surface area contributed by atoms with E-state index in [2.05, 4.69) is 20.6 Å². The highest BCUT2D eigenvalue weighted by Gasteiger charge is 2.01. The van der Waals surface area contributed by atoms with Gasteiger partial charge in [-0.15, -0.1) is 0 Å². The zero-order chi connectivity index (χ0) is 13.0. The second-order valence-electron chi connectivity index (χ2n) is 3.98. The minimum Gasteiger partial charge on any atom is -0.340 e. The Kier molecular flexibility index (Phi) is 3.84. The average Bonchev–Trinajstić information content (AvgIpc) is 2.35. The molecule has 0 aliphatic carbocycles. The first-order valence-corrected chi connectivity index (χ1v) is 5.69. The summed E-state index contributed by atoms with van der Waals surface area (Å²) in [5.41, 5.74) is 1.41. The van der Waals surface area contributed by atoms with Crippen LogP contribution < -0.4 is 10.6 Å². The molecule has 2 aromatic rings. The standard InChI is InChI=1S/C13H15FN4/c1-9-7-10(3-4-11(9)14)17-12-5-6-16-13(18-12)8-15-2/h3-7,15H,8H2,1-2H3,(H,16,17,18). The summed E-state index contributed by atoms with van der Waals surface area (Å²) in [5.74, 6) is 1.20. The lowest BCUT2D eigenvalue weighted by molar-refractivity contribution is 0.619. The zero-order valence-corrected chi connectivity index (χ0v) is 10.4. The Morgan fingerprint density at radius 3 is 2.83 bits per heavy atom. The number of nitrogens with zero attached hydrogens (tertiary/aromatic N) is 2. The molecule has 94 valence electrons. The van der Waals surface area contributed by atoms with Crippen LogP contribution in [0.4, 0.5) is 15.9 Å². The largest absolute Gasteiger partial charge is 0.340 e. The number of hydrogen-bond acceptors (Lipinski definition) is 4. The fraction of sp³-hybridized carbons (Fsp3) is 0.231. The van der Waals surface area contributed by atoms with Crippen molar-refractivity contribution < 1.29 is 4.39 Å². The predicted molar refractivity (Wildman–Crippen MR) is 69.2 cm³/mol. The van der Waals surface area contributed by atoms with Crippen molar-refractivity contribution in [2.45, 2.75) is 13.5 Å². The molecule has 0 atom stereocenters. The van der Waals surface area contributed by atoms with Crippen LogP contribution in [-0.4, -0.2) is 17.0 Å². The molecule has 0 amide bonds. The molecule has 0 spiro atoms. The number of hydrogen-bond donors (Lipinski definition) is 2. The lowest BCUT2D eigenvalue weighted by Crippen LogP contribution is -2.09. The Hall–Kier alpha value is -2.01. The maximum absolute atomic E-state index is 13.1. The van der Waals surface area contributed by atoms with Gasteiger partial charge in [0.1, 0.15) is 17.5 Å². The third-order valence-corrected chi connectivity index (χ3v) is 2.47. The third-order valence-electron chi connectivity index (χ3n) is 2.47. The van der Waals surface area contributed by atoms with E-state index in [9.17, 15) is 4.39 Å². The third kappa shape index (κ3) is 3.01. The van der Waals surface area contributed by atoms with Gasteiger partial charge in [-0.1, -0.05) is 0 Å². The molecule has 0 unspecified atom stereocenters. The highest BCUT2D eigenvalue weighted by atomic mass is 19.1. The smallest absolute Gasteiger partial charge is 0.144 e. The highest BCUT2D eigenvalue weighted by molar-refractivity contribution is 5.56. The first-order chi connectivity index (χ1) is 8.69. The summed E-state index contributed by atoms with van der Waals surface area (Å²) in [7, 11) is 1.84. The lowest BCUT2D eigenvalue weighted by Gasteiger charge is -2.08. The number of rotatable bonds is 4. The van der Waals surface area contributed by atoms with E-state index < -0.39 is 0 Å². The Balaban J connectivity index is 2.17. The molecule has 0 aliphatic heterocycles. The molecule has 1 heterocycles. The molecule has 1 aromatic carbocycles. The SMILES string of the molecule is CNCc1nccc(Nc2ccc(F)c(C)c2)n1. The maximum atomic E-state index is 13.1. The Morgan fingerprint density at radius 1 is 1.28 bits per heavy atom. The number of benzene rings is 1. The molecule has 0 aliphatic rings. The second-order valence-corrected chi connectivity index (χ2v) is 3.98. The molecule has 4 nitrogen and oxygen atoms in total. The summed E-state index contributed by atoms with van der Waals surface area (Å²) in [6, 6.07) is 6.64. The van der Waals surface area contributed by atoms with Gasteiger partial charge >= 0.3 is 0 Å². The molecular weight excluding hydrogens is 231 g/mol. The van der Waals surface area contributed by atoms with E-state index in [1.807, 2.05) is 7.05 Å². The van der Waals surface area contributed by atoms with E-state index in [4.69, 9.17) is 0 Å². The normalized spacial score (nSPS) is 10.4. The van der Waals surface area contributed by atoms with Crippen LogP contribution in [0.5, 0.6) is 0 Å². The molecule has 0 fully saturated rings. The molecule has 1 aromatic heterocycles. The summed E-state index contributed by atoms with van der Waals surface area (Å²) in [6.45, 7) is 2.34. The van der Waals surface area contributed by atoms with Gasteiger partial charge in [0.25, 0.3) is 0 Å². The minimum absolute atomic E-state index is 0.209. The maximum Gasteiger partial charge on any atom is 0.144 e. The van der Waals surface area contributed by atoms with Crippen LogP contribution >= 0.6 is 0 Å². The summed E-state index contributed by atoms with van der Waals surface area (Å²) in [4.78, 5) is 8.46. The van der Waals surface area contributed by atoms with Crippen molar-refractivity contribution in [3.05, 3.63) is 47.7 Å². The fourth-order valence-corrected chi connectivity index (χ4v) is 1.58. The molecule has 18 heavy (non-hydrogen) atoms. The van der Waals surface area contributed by atoms with Crippen LogP contribution in [0.15, 0.2) is 30.5 Å². The van der Waals surface area contributed by atoms with E-state index in [0.717, 1.165) is 5.69 Å². The van der Waals surface area contributed by atoms with Crippen molar-refractivity contribution in [3.8, 4) is 0 Å². The number of nitrogens with one attached hydrogen (secondary N) is 2. The summed E-state index contributed by atoms with van der Waals surface area (Å²) < 4.78 is 13.1. The van der Waals surface area contributed by atoms with Gasteiger partial charge in [0, 0.05) is 11.9 Å². The van der Waals surface area contributed by atoms with E-state index in [1.54, 1.807) is 31.3 Å². The topological polar surface area (TPSA) is 49.8 Å². The van der Waals surface area contributed by atoms with Crippen LogP contribution in [0.25, 0.3) is 0 Å². The first kappa shape index (κ1) is 12.4. The van der Waals surface area contributed by atoms with Gasteiger partial charge in [0.05, 0.1) is 6.54 Å². The predicted octanol–water partition coefficient (Wildman–Crippen LogP) is 2.39. The number of aryl methyl sites for hydroxylation is 1. The van der Waals surface area contributed by atoms with Gasteiger partial charge in [-0.25, -0.2) is 14.4 Å². The van der Waals surface area contributed by atoms with Crippen LogP contribution in [0.1, 0.15) is 11.4 Å². The van der Waals surface area contributed by atoms with Gasteiger partial charge in [-0.05, 0) is 43.8 Å². The van der Waals surface area contributed by atoms with E-state index >= 15 is 0 Å². The van der Waals surface area contributed by atoms with Crippen molar-refractivity contribution in [1.82, 2.24) is 15.3 Å². The van der Waals surface area contributed by atoms with E-state index in [-0.39, 0.29) is 5.82 Å². The van der Waals surface area contributed by atoms with Crippen molar-refractivity contribution in [2.75, 3.05) is 12.4 Å². The van der Waals surface area contributed by atoms with Crippen LogP contribution in [-0.2, 0) is 6.54 Å². The molecule has 2 N–H and O–H groups in total. The Labute approximate surface area is 105 Å². The first-order valence-electron chi connectivity index (χ1n) is 5.69. The monoisotopic (exact) mass is 246 g/mol. The van der Waals surface area contributed by atoms with Gasteiger partial charge in [-0.3, -0.25) is 0 Å². The Morgan fingerprint density at radius 2 is 2.11 bits per heavy atom. The summed E-state index contributed by atoms with van der Waals surface area (Å²) in [5, 5.41) is 6.11. The number of aromatic nitrogens is 2. The van der Waals surface area contributed by atoms with E-state index in [1.165, 1.54) is 6.07 Å². The minimum atomic E-state index is -0.209. The van der Waals surface area contributed by atoms with Crippen molar-refractivity contribution in [1.29, 1.82) is 0 Å².